The quantitative estimate of drug-likeness (QED) is 0.889. The zero-order valence-electron chi connectivity index (χ0n) is 11.4. The number of rotatable bonds is 3. The molecule has 1 aliphatic carbocycles. The van der Waals surface area contributed by atoms with Crippen LogP contribution in [0.1, 0.15) is 35.7 Å². The molecule has 2 aromatic rings. The third-order valence-electron chi connectivity index (χ3n) is 4.07. The van der Waals surface area contributed by atoms with Gasteiger partial charge in [0.25, 0.3) is 0 Å². The summed E-state index contributed by atoms with van der Waals surface area (Å²) < 4.78 is 3.45. The lowest BCUT2D eigenvalue weighted by atomic mass is 9.76. The highest BCUT2D eigenvalue weighted by atomic mass is 79.9. The number of aromatic nitrogens is 1. The molecule has 1 N–H and O–H groups in total. The van der Waals surface area contributed by atoms with Crippen molar-refractivity contribution >= 4 is 15.9 Å². The van der Waals surface area contributed by atoms with Crippen LogP contribution < -0.4 is 5.43 Å². The van der Waals surface area contributed by atoms with Crippen molar-refractivity contribution in [2.45, 2.75) is 38.6 Å². The van der Waals surface area contributed by atoms with E-state index in [2.05, 4.69) is 76.3 Å². The highest BCUT2D eigenvalue weighted by Gasteiger charge is 2.31. The first-order chi connectivity index (χ1) is 9.15. The van der Waals surface area contributed by atoms with Crippen molar-refractivity contribution in [1.29, 1.82) is 0 Å². The summed E-state index contributed by atoms with van der Waals surface area (Å²) >= 11 is 3.65. The maximum absolute atomic E-state index is 3.65. The van der Waals surface area contributed by atoms with Gasteiger partial charge in [0, 0.05) is 21.9 Å². The topological polar surface area (TPSA) is 17.0 Å². The molecule has 0 saturated heterocycles. The summed E-state index contributed by atoms with van der Waals surface area (Å²) in [5, 5.41) is 0. The van der Waals surface area contributed by atoms with E-state index in [0.29, 0.717) is 12.0 Å². The van der Waals surface area contributed by atoms with Crippen molar-refractivity contribution in [3.63, 3.8) is 0 Å². The molecule has 1 fully saturated rings. The van der Waals surface area contributed by atoms with Crippen LogP contribution in [0, 0.1) is 13.8 Å². The van der Waals surface area contributed by atoms with Crippen LogP contribution in [0.25, 0.3) is 0 Å². The van der Waals surface area contributed by atoms with E-state index in [1.165, 1.54) is 34.3 Å². The van der Waals surface area contributed by atoms with Crippen molar-refractivity contribution in [1.82, 2.24) is 4.68 Å². The second kappa shape index (κ2) is 5.04. The molecule has 2 nitrogen and oxygen atoms in total. The van der Waals surface area contributed by atoms with Gasteiger partial charge in [0.1, 0.15) is 0 Å². The molecule has 0 atom stereocenters. The SMILES string of the molecule is Cc1ccc(C)n1NC1CC(c2ccccc2Br)C1. The molecule has 19 heavy (non-hydrogen) atoms. The van der Waals surface area contributed by atoms with Gasteiger partial charge in [0.05, 0.1) is 0 Å². The normalized spacial score (nSPS) is 22.1. The molecule has 1 aromatic carbocycles. The second-order valence-electron chi connectivity index (χ2n) is 5.47. The number of aryl methyl sites for hydroxylation is 2. The van der Waals surface area contributed by atoms with E-state index in [-0.39, 0.29) is 0 Å². The van der Waals surface area contributed by atoms with Gasteiger partial charge in [0.2, 0.25) is 0 Å². The minimum atomic E-state index is 0.585. The minimum absolute atomic E-state index is 0.585. The molecule has 1 heterocycles. The lowest BCUT2D eigenvalue weighted by Gasteiger charge is -2.38. The van der Waals surface area contributed by atoms with Crippen molar-refractivity contribution in [3.8, 4) is 0 Å². The summed E-state index contributed by atoms with van der Waals surface area (Å²) in [5.41, 5.74) is 7.62. The number of hydrogen-bond donors (Lipinski definition) is 1. The molecule has 0 unspecified atom stereocenters. The van der Waals surface area contributed by atoms with E-state index in [0.717, 1.165) is 0 Å². The number of halogens is 1. The minimum Gasteiger partial charge on any atom is -0.323 e. The van der Waals surface area contributed by atoms with E-state index in [1.54, 1.807) is 0 Å². The maximum Gasteiger partial charge on any atom is 0.0436 e. The van der Waals surface area contributed by atoms with Gasteiger partial charge in [-0.25, -0.2) is 0 Å². The Morgan fingerprint density at radius 3 is 2.32 bits per heavy atom. The van der Waals surface area contributed by atoms with Crippen LogP contribution in [0.5, 0.6) is 0 Å². The van der Waals surface area contributed by atoms with Gasteiger partial charge >= 0.3 is 0 Å². The van der Waals surface area contributed by atoms with E-state index in [4.69, 9.17) is 0 Å². The second-order valence-corrected chi connectivity index (χ2v) is 6.32. The van der Waals surface area contributed by atoms with Gasteiger partial charge in [-0.1, -0.05) is 34.1 Å². The molecule has 1 saturated carbocycles. The fourth-order valence-corrected chi connectivity index (χ4v) is 3.45. The largest absolute Gasteiger partial charge is 0.323 e. The molecule has 1 aliphatic rings. The number of hydrogen-bond acceptors (Lipinski definition) is 1. The molecule has 0 amide bonds. The van der Waals surface area contributed by atoms with Crippen molar-refractivity contribution in [2.75, 3.05) is 5.43 Å². The van der Waals surface area contributed by atoms with E-state index in [1.807, 2.05) is 0 Å². The monoisotopic (exact) mass is 318 g/mol. The Hall–Kier alpha value is -1.22. The fourth-order valence-electron chi connectivity index (χ4n) is 2.84. The average Bonchev–Trinajstić information content (AvgIpc) is 2.65. The van der Waals surface area contributed by atoms with Crippen molar-refractivity contribution in [2.24, 2.45) is 0 Å². The number of benzene rings is 1. The Morgan fingerprint density at radius 1 is 1.05 bits per heavy atom. The molecule has 0 spiro atoms. The first-order valence-electron chi connectivity index (χ1n) is 6.81. The number of nitrogens with one attached hydrogen (secondary N) is 1. The zero-order chi connectivity index (χ0) is 13.4. The Labute approximate surface area is 122 Å². The van der Waals surface area contributed by atoms with Crippen molar-refractivity contribution < 1.29 is 0 Å². The van der Waals surface area contributed by atoms with Gasteiger partial charge < -0.3 is 5.43 Å². The third kappa shape index (κ3) is 2.44. The molecule has 0 aliphatic heterocycles. The maximum atomic E-state index is 3.65. The molecule has 100 valence electrons. The first kappa shape index (κ1) is 12.8. The summed E-state index contributed by atoms with van der Waals surface area (Å²) in [6.07, 6.45) is 2.42. The van der Waals surface area contributed by atoms with E-state index < -0.39 is 0 Å². The zero-order valence-corrected chi connectivity index (χ0v) is 12.9. The summed E-state index contributed by atoms with van der Waals surface area (Å²) in [6.45, 7) is 4.29. The molecular weight excluding hydrogens is 300 g/mol. The van der Waals surface area contributed by atoms with Gasteiger partial charge in [-0.15, -0.1) is 0 Å². The Morgan fingerprint density at radius 2 is 1.68 bits per heavy atom. The summed E-state index contributed by atoms with van der Waals surface area (Å²) in [5.74, 6) is 0.684. The first-order valence-corrected chi connectivity index (χ1v) is 7.60. The van der Waals surface area contributed by atoms with Crippen LogP contribution in [-0.2, 0) is 0 Å². The summed E-state index contributed by atoms with van der Waals surface area (Å²) in [4.78, 5) is 0. The van der Waals surface area contributed by atoms with Gasteiger partial charge in [-0.2, -0.15) is 0 Å². The average molecular weight is 319 g/mol. The smallest absolute Gasteiger partial charge is 0.0436 e. The molecular formula is C16H19BrN2. The Bertz CT molecular complexity index is 563. The predicted octanol–water partition coefficient (Wildman–Crippen LogP) is 4.36. The molecule has 0 radical (unpaired) electrons. The van der Waals surface area contributed by atoms with Gasteiger partial charge in [-0.05, 0) is 56.4 Å². The van der Waals surface area contributed by atoms with Crippen LogP contribution in [-0.4, -0.2) is 10.7 Å². The van der Waals surface area contributed by atoms with Crippen molar-refractivity contribution in [3.05, 3.63) is 57.8 Å². The van der Waals surface area contributed by atoms with E-state index >= 15 is 0 Å². The Kier molecular flexibility index (Phi) is 3.40. The molecule has 3 heteroatoms. The van der Waals surface area contributed by atoms with Crippen LogP contribution in [0.3, 0.4) is 0 Å². The van der Waals surface area contributed by atoms with E-state index in [9.17, 15) is 0 Å². The Balaban J connectivity index is 1.63. The molecule has 3 rings (SSSR count). The van der Waals surface area contributed by atoms with Crippen LogP contribution in [0.4, 0.5) is 0 Å². The highest BCUT2D eigenvalue weighted by Crippen LogP contribution is 2.40. The van der Waals surface area contributed by atoms with Crippen LogP contribution in [0.2, 0.25) is 0 Å². The standard InChI is InChI=1S/C16H19BrN2/c1-11-7-8-12(2)19(11)18-14-9-13(10-14)15-5-3-4-6-16(15)17/h3-8,13-14,18H,9-10H2,1-2H3. The molecule has 0 bridgehead atoms. The van der Waals surface area contributed by atoms with Crippen LogP contribution in [0.15, 0.2) is 40.9 Å². The van der Waals surface area contributed by atoms with Crippen LogP contribution >= 0.6 is 15.9 Å². The lowest BCUT2D eigenvalue weighted by Crippen LogP contribution is -2.39. The van der Waals surface area contributed by atoms with Gasteiger partial charge in [-0.3, -0.25) is 4.68 Å². The molecule has 1 aromatic heterocycles. The number of nitrogens with zero attached hydrogens (tertiary/aromatic N) is 1. The van der Waals surface area contributed by atoms with Gasteiger partial charge in [0.15, 0.2) is 0 Å². The summed E-state index contributed by atoms with van der Waals surface area (Å²) in [7, 11) is 0. The third-order valence-corrected chi connectivity index (χ3v) is 4.79. The summed E-state index contributed by atoms with van der Waals surface area (Å²) in [6, 6.07) is 13.5. The predicted molar refractivity (Wildman–Crippen MR) is 83.2 cm³/mol. The fraction of sp³-hybridized carbons (Fsp3) is 0.375. The lowest BCUT2D eigenvalue weighted by molar-refractivity contribution is 0.349. The highest BCUT2D eigenvalue weighted by molar-refractivity contribution is 9.10.